The van der Waals surface area contributed by atoms with Crippen LogP contribution >= 0.6 is 22.6 Å². The lowest BCUT2D eigenvalue weighted by Gasteiger charge is -2.22. The molecule has 0 saturated heterocycles. The smallest absolute Gasteiger partial charge is 0.356 e. The summed E-state index contributed by atoms with van der Waals surface area (Å²) in [4.78, 5) is 1.37. The third-order valence-corrected chi connectivity index (χ3v) is 2.50. The molecule has 0 aliphatic carbocycles. The summed E-state index contributed by atoms with van der Waals surface area (Å²) >= 11 is 1.83. The lowest BCUT2D eigenvalue weighted by atomic mass is 10.1. The number of alkyl halides is 3. The van der Waals surface area contributed by atoms with Gasteiger partial charge in [0.05, 0.1) is 5.57 Å². The van der Waals surface area contributed by atoms with Crippen LogP contribution in [0.5, 0.6) is 0 Å². The molecule has 1 aliphatic heterocycles. The number of hydrogen-bond donors (Lipinski definition) is 0. The molecule has 1 aliphatic rings. The Kier molecular flexibility index (Phi) is 2.74. The van der Waals surface area contributed by atoms with Crippen molar-refractivity contribution in [2.45, 2.75) is 6.18 Å². The van der Waals surface area contributed by atoms with E-state index in [0.717, 1.165) is 6.20 Å². The van der Waals surface area contributed by atoms with E-state index in [1.165, 1.54) is 4.90 Å². The molecule has 0 radical (unpaired) electrons. The summed E-state index contributed by atoms with van der Waals surface area (Å²) in [5.41, 5.74) is -0.645. The standard InChI is InChI=1S/C8H7F3IN/c1-5-6(8(9,10)11)3-13(2)4-7(5)12/h3-4H,1H2,2H3. The number of nitrogens with zero attached hydrogens (tertiary/aromatic N) is 1. The van der Waals surface area contributed by atoms with Crippen LogP contribution in [0.25, 0.3) is 0 Å². The molecule has 0 aromatic heterocycles. The van der Waals surface area contributed by atoms with Gasteiger partial charge in [-0.3, -0.25) is 0 Å². The largest absolute Gasteiger partial charge is 0.418 e. The van der Waals surface area contributed by atoms with E-state index >= 15 is 0 Å². The predicted molar refractivity (Wildman–Crippen MR) is 53.1 cm³/mol. The zero-order chi connectivity index (χ0) is 10.2. The van der Waals surface area contributed by atoms with Crippen molar-refractivity contribution in [2.75, 3.05) is 7.05 Å². The molecule has 0 aromatic carbocycles. The minimum absolute atomic E-state index is 0.0335. The van der Waals surface area contributed by atoms with E-state index in [1.54, 1.807) is 13.2 Å². The van der Waals surface area contributed by atoms with Crippen LogP contribution in [-0.2, 0) is 0 Å². The average molecular weight is 301 g/mol. The Labute approximate surface area is 87.7 Å². The summed E-state index contributed by atoms with van der Waals surface area (Å²) in [5, 5.41) is 0. The summed E-state index contributed by atoms with van der Waals surface area (Å²) in [5.74, 6) is 0. The Balaban J connectivity index is 3.06. The Hall–Kier alpha value is -0.460. The molecule has 13 heavy (non-hydrogen) atoms. The molecular weight excluding hydrogens is 294 g/mol. The van der Waals surface area contributed by atoms with E-state index in [1.807, 2.05) is 22.6 Å². The van der Waals surface area contributed by atoms with Crippen LogP contribution < -0.4 is 0 Å². The molecule has 5 heteroatoms. The van der Waals surface area contributed by atoms with Crippen molar-refractivity contribution in [1.82, 2.24) is 4.90 Å². The van der Waals surface area contributed by atoms with Crippen LogP contribution in [0, 0.1) is 0 Å². The fraction of sp³-hybridized carbons (Fsp3) is 0.250. The normalized spacial score (nSPS) is 18.5. The maximum atomic E-state index is 12.4. The molecule has 0 saturated carbocycles. The van der Waals surface area contributed by atoms with E-state index in [4.69, 9.17) is 0 Å². The second-order valence-electron chi connectivity index (χ2n) is 2.66. The van der Waals surface area contributed by atoms with Crippen LogP contribution in [0.15, 0.2) is 33.7 Å². The fourth-order valence-electron chi connectivity index (χ4n) is 0.948. The van der Waals surface area contributed by atoms with Crippen molar-refractivity contribution < 1.29 is 13.2 Å². The third kappa shape index (κ3) is 2.26. The molecule has 0 N–H and O–H groups in total. The van der Waals surface area contributed by atoms with Gasteiger partial charge in [0, 0.05) is 23.0 Å². The van der Waals surface area contributed by atoms with Crippen LogP contribution in [-0.4, -0.2) is 18.1 Å². The molecule has 0 amide bonds. The highest BCUT2D eigenvalue weighted by Crippen LogP contribution is 2.38. The van der Waals surface area contributed by atoms with Crippen LogP contribution in [0.1, 0.15) is 0 Å². The Morgan fingerprint density at radius 3 is 2.38 bits per heavy atom. The van der Waals surface area contributed by atoms with Crippen molar-refractivity contribution in [3.63, 3.8) is 0 Å². The minimum atomic E-state index is -4.32. The van der Waals surface area contributed by atoms with E-state index in [0.29, 0.717) is 3.58 Å². The van der Waals surface area contributed by atoms with Crippen molar-refractivity contribution in [3.05, 3.63) is 33.7 Å². The van der Waals surface area contributed by atoms with Gasteiger partial charge in [-0.05, 0) is 28.2 Å². The first-order chi connectivity index (χ1) is 5.82. The lowest BCUT2D eigenvalue weighted by molar-refractivity contribution is -0.0900. The topological polar surface area (TPSA) is 3.24 Å². The van der Waals surface area contributed by atoms with Gasteiger partial charge in [-0.15, -0.1) is 0 Å². The molecule has 1 nitrogen and oxygen atoms in total. The van der Waals surface area contributed by atoms with E-state index in [2.05, 4.69) is 6.58 Å². The number of allylic oxidation sites excluding steroid dienone is 3. The maximum absolute atomic E-state index is 12.4. The quantitative estimate of drug-likeness (QED) is 0.621. The third-order valence-electron chi connectivity index (χ3n) is 1.57. The minimum Gasteiger partial charge on any atom is -0.356 e. The van der Waals surface area contributed by atoms with Crippen molar-refractivity contribution in [2.24, 2.45) is 0 Å². The molecule has 0 aromatic rings. The van der Waals surface area contributed by atoms with Gasteiger partial charge < -0.3 is 4.90 Å². The van der Waals surface area contributed by atoms with E-state index < -0.39 is 11.7 Å². The summed E-state index contributed by atoms with van der Waals surface area (Å²) in [6.45, 7) is 3.39. The highest BCUT2D eigenvalue weighted by Gasteiger charge is 2.37. The van der Waals surface area contributed by atoms with Gasteiger partial charge in [-0.25, -0.2) is 0 Å². The molecule has 0 fully saturated rings. The first kappa shape index (κ1) is 10.6. The second-order valence-corrected chi connectivity index (χ2v) is 3.82. The maximum Gasteiger partial charge on any atom is 0.418 e. The van der Waals surface area contributed by atoms with Gasteiger partial charge >= 0.3 is 6.18 Å². The van der Waals surface area contributed by atoms with Gasteiger partial charge in [0.25, 0.3) is 0 Å². The molecule has 0 bridgehead atoms. The summed E-state index contributed by atoms with van der Waals surface area (Å²) in [7, 11) is 1.55. The predicted octanol–water partition coefficient (Wildman–Crippen LogP) is 3.21. The van der Waals surface area contributed by atoms with Gasteiger partial charge in [0.15, 0.2) is 0 Å². The van der Waals surface area contributed by atoms with E-state index in [-0.39, 0.29) is 5.57 Å². The lowest BCUT2D eigenvalue weighted by Crippen LogP contribution is -2.20. The van der Waals surface area contributed by atoms with Crippen molar-refractivity contribution in [1.29, 1.82) is 0 Å². The molecule has 0 unspecified atom stereocenters. The Morgan fingerprint density at radius 1 is 1.38 bits per heavy atom. The first-order valence-electron chi connectivity index (χ1n) is 3.40. The Bertz CT molecular complexity index is 301. The van der Waals surface area contributed by atoms with Crippen molar-refractivity contribution >= 4 is 22.6 Å². The van der Waals surface area contributed by atoms with Gasteiger partial charge in [-0.2, -0.15) is 13.2 Å². The molecule has 0 atom stereocenters. The van der Waals surface area contributed by atoms with Gasteiger partial charge in [-0.1, -0.05) is 6.58 Å². The highest BCUT2D eigenvalue weighted by atomic mass is 127. The zero-order valence-electron chi connectivity index (χ0n) is 6.82. The van der Waals surface area contributed by atoms with Gasteiger partial charge in [0.2, 0.25) is 0 Å². The molecule has 1 heterocycles. The average Bonchev–Trinajstić information content (AvgIpc) is 1.94. The van der Waals surface area contributed by atoms with E-state index in [9.17, 15) is 13.2 Å². The second kappa shape index (κ2) is 3.36. The van der Waals surface area contributed by atoms with Crippen LogP contribution in [0.3, 0.4) is 0 Å². The summed E-state index contributed by atoms with van der Waals surface area (Å²) in [6.07, 6.45) is -1.70. The molecule has 0 spiro atoms. The molecule has 1 rings (SSSR count). The monoisotopic (exact) mass is 301 g/mol. The summed E-state index contributed by atoms with van der Waals surface area (Å²) < 4.78 is 37.6. The first-order valence-corrected chi connectivity index (χ1v) is 4.48. The number of halogens is 4. The zero-order valence-corrected chi connectivity index (χ0v) is 8.98. The molecule has 72 valence electrons. The summed E-state index contributed by atoms with van der Waals surface area (Å²) in [6, 6.07) is 0. The SMILES string of the molecule is C=C1C(I)=CN(C)C=C1C(F)(F)F. The van der Waals surface area contributed by atoms with Crippen molar-refractivity contribution in [3.8, 4) is 0 Å². The number of rotatable bonds is 0. The Morgan fingerprint density at radius 2 is 1.92 bits per heavy atom. The van der Waals surface area contributed by atoms with Crippen LogP contribution in [0.4, 0.5) is 13.2 Å². The number of hydrogen-bond acceptors (Lipinski definition) is 1. The van der Waals surface area contributed by atoms with Gasteiger partial charge in [0.1, 0.15) is 0 Å². The van der Waals surface area contributed by atoms with Crippen LogP contribution in [0.2, 0.25) is 0 Å². The fourth-order valence-corrected chi connectivity index (χ4v) is 1.68. The molecular formula is C8H7F3IN. The highest BCUT2D eigenvalue weighted by molar-refractivity contribution is 14.1.